The molecular weight excluding hydrogens is 386 g/mol. The minimum Gasteiger partial charge on any atom is -0.548 e. The van der Waals surface area contributed by atoms with Crippen LogP contribution in [0.15, 0.2) is 59.0 Å². The van der Waals surface area contributed by atoms with Crippen LogP contribution in [0.1, 0.15) is 21.7 Å². The van der Waals surface area contributed by atoms with E-state index >= 15 is 0 Å². The molecule has 1 aliphatic rings. The average molecular weight is 406 g/mol. The third-order valence-corrected chi connectivity index (χ3v) is 4.86. The molecule has 0 unspecified atom stereocenters. The highest BCUT2D eigenvalue weighted by Crippen LogP contribution is 2.35. The maximum atomic E-state index is 12.7. The molecule has 0 saturated heterocycles. The molecule has 0 aliphatic carbocycles. The lowest BCUT2D eigenvalue weighted by Crippen LogP contribution is -2.49. The first-order valence-corrected chi connectivity index (χ1v) is 9.57. The van der Waals surface area contributed by atoms with E-state index in [0.29, 0.717) is 36.2 Å². The summed E-state index contributed by atoms with van der Waals surface area (Å²) in [6.45, 7) is 2.62. The van der Waals surface area contributed by atoms with Crippen LogP contribution in [-0.2, 0) is 11.2 Å². The molecule has 7 heteroatoms. The van der Waals surface area contributed by atoms with Gasteiger partial charge in [0.2, 0.25) is 0 Å². The summed E-state index contributed by atoms with van der Waals surface area (Å²) in [6.07, 6.45) is 0.126. The zero-order valence-corrected chi connectivity index (χ0v) is 16.3. The third kappa shape index (κ3) is 4.15. The SMILES string of the molecule is Cc1oc(-c2ccc3c(c2)OCCO3)cc1C(=O)N[C@@H](Cc1ccccc1)C(=O)[O-]. The van der Waals surface area contributed by atoms with Crippen LogP contribution in [0.2, 0.25) is 0 Å². The van der Waals surface area contributed by atoms with Gasteiger partial charge in [0.25, 0.3) is 5.91 Å². The second-order valence-corrected chi connectivity index (χ2v) is 6.97. The first kappa shape index (κ1) is 19.6. The number of fused-ring (bicyclic) bond motifs is 1. The van der Waals surface area contributed by atoms with Crippen LogP contribution >= 0.6 is 0 Å². The number of carbonyl (C=O) groups is 2. The first-order chi connectivity index (χ1) is 14.5. The van der Waals surface area contributed by atoms with Crippen LogP contribution in [-0.4, -0.2) is 31.1 Å². The minimum absolute atomic E-state index is 0.126. The number of amides is 1. The van der Waals surface area contributed by atoms with Crippen molar-refractivity contribution in [1.82, 2.24) is 5.32 Å². The highest BCUT2D eigenvalue weighted by molar-refractivity contribution is 5.98. The summed E-state index contributed by atoms with van der Waals surface area (Å²) in [6, 6.07) is 14.9. The Kier molecular flexibility index (Phi) is 5.43. The molecule has 2 aromatic carbocycles. The summed E-state index contributed by atoms with van der Waals surface area (Å²) in [5, 5.41) is 14.1. The topological polar surface area (TPSA) is 101 Å². The highest BCUT2D eigenvalue weighted by atomic mass is 16.6. The van der Waals surface area contributed by atoms with Crippen LogP contribution in [0.25, 0.3) is 11.3 Å². The third-order valence-electron chi connectivity index (χ3n) is 4.86. The number of rotatable bonds is 6. The lowest BCUT2D eigenvalue weighted by molar-refractivity contribution is -0.308. The van der Waals surface area contributed by atoms with E-state index in [4.69, 9.17) is 13.9 Å². The Morgan fingerprint density at radius 1 is 1.03 bits per heavy atom. The Bertz CT molecular complexity index is 1070. The van der Waals surface area contributed by atoms with Gasteiger partial charge in [-0.25, -0.2) is 0 Å². The lowest BCUT2D eigenvalue weighted by atomic mass is 10.1. The average Bonchev–Trinajstić information content (AvgIpc) is 3.15. The van der Waals surface area contributed by atoms with Crippen LogP contribution in [0.3, 0.4) is 0 Å². The van der Waals surface area contributed by atoms with E-state index in [1.807, 2.05) is 24.3 Å². The largest absolute Gasteiger partial charge is 0.548 e. The maximum Gasteiger partial charge on any atom is 0.255 e. The fourth-order valence-corrected chi connectivity index (χ4v) is 3.33. The molecule has 1 aliphatic heterocycles. The van der Waals surface area contributed by atoms with Gasteiger partial charge in [-0.1, -0.05) is 30.3 Å². The van der Waals surface area contributed by atoms with Crippen molar-refractivity contribution >= 4 is 11.9 Å². The summed E-state index contributed by atoms with van der Waals surface area (Å²) >= 11 is 0. The molecule has 154 valence electrons. The molecule has 1 amide bonds. The standard InChI is InChI=1S/C23H21NO6/c1-14-17(22(25)24-18(23(26)27)11-15-5-3-2-4-6-15)13-20(30-14)16-7-8-19-21(12-16)29-10-9-28-19/h2-8,12-13,18H,9-11H2,1H3,(H,24,25)(H,26,27)/p-1/t18-/m0/s1. The van der Waals surface area contributed by atoms with Crippen LogP contribution < -0.4 is 19.9 Å². The molecule has 4 rings (SSSR count). The van der Waals surface area contributed by atoms with Gasteiger partial charge in [-0.15, -0.1) is 0 Å². The molecular formula is C23H20NO6-. The van der Waals surface area contributed by atoms with Gasteiger partial charge in [0.05, 0.1) is 17.6 Å². The number of nitrogens with one attached hydrogen (secondary N) is 1. The molecule has 30 heavy (non-hydrogen) atoms. The number of carboxylic acid groups (broad SMARTS) is 1. The molecule has 7 nitrogen and oxygen atoms in total. The fourth-order valence-electron chi connectivity index (χ4n) is 3.33. The minimum atomic E-state index is -1.35. The summed E-state index contributed by atoms with van der Waals surface area (Å²) in [5.41, 5.74) is 1.77. The van der Waals surface area contributed by atoms with Gasteiger partial charge in [-0.3, -0.25) is 4.79 Å². The zero-order valence-electron chi connectivity index (χ0n) is 16.3. The summed E-state index contributed by atoms with van der Waals surface area (Å²) < 4.78 is 16.9. The molecule has 0 spiro atoms. The number of aryl methyl sites for hydroxylation is 1. The van der Waals surface area contributed by atoms with Gasteiger partial charge in [-0.2, -0.15) is 0 Å². The van der Waals surface area contributed by atoms with E-state index in [-0.39, 0.29) is 12.0 Å². The molecule has 0 saturated carbocycles. The van der Waals surface area contributed by atoms with Gasteiger partial charge < -0.3 is 29.1 Å². The molecule has 0 radical (unpaired) electrons. The number of benzene rings is 2. The van der Waals surface area contributed by atoms with Crippen molar-refractivity contribution in [3.8, 4) is 22.8 Å². The number of hydrogen-bond acceptors (Lipinski definition) is 6. The predicted octanol–water partition coefficient (Wildman–Crippen LogP) is 2.12. The van der Waals surface area contributed by atoms with E-state index in [2.05, 4.69) is 5.32 Å². The number of aliphatic carboxylic acids is 1. The van der Waals surface area contributed by atoms with Gasteiger partial charge in [0, 0.05) is 5.56 Å². The van der Waals surface area contributed by atoms with Crippen molar-refractivity contribution in [1.29, 1.82) is 0 Å². The Balaban J connectivity index is 1.53. The Labute approximate surface area is 173 Å². The molecule has 1 atom stereocenters. The number of carbonyl (C=O) groups excluding carboxylic acids is 2. The van der Waals surface area contributed by atoms with Crippen LogP contribution in [0.4, 0.5) is 0 Å². The molecule has 2 heterocycles. The molecule has 0 fully saturated rings. The zero-order chi connectivity index (χ0) is 21.1. The molecule has 0 bridgehead atoms. The molecule has 3 aromatic rings. The van der Waals surface area contributed by atoms with Crippen LogP contribution in [0.5, 0.6) is 11.5 Å². The van der Waals surface area contributed by atoms with E-state index < -0.39 is 17.9 Å². The number of hydrogen-bond donors (Lipinski definition) is 1. The maximum absolute atomic E-state index is 12.7. The first-order valence-electron chi connectivity index (χ1n) is 9.57. The smallest absolute Gasteiger partial charge is 0.255 e. The van der Waals surface area contributed by atoms with Crippen molar-refractivity contribution in [3.63, 3.8) is 0 Å². The normalized spacial score (nSPS) is 13.5. The van der Waals surface area contributed by atoms with E-state index in [0.717, 1.165) is 11.1 Å². The fraction of sp³-hybridized carbons (Fsp3) is 0.217. The Morgan fingerprint density at radius 3 is 2.50 bits per heavy atom. The molecule has 1 N–H and O–H groups in total. The van der Waals surface area contributed by atoms with Gasteiger partial charge >= 0.3 is 0 Å². The number of ether oxygens (including phenoxy) is 2. The van der Waals surface area contributed by atoms with Gasteiger partial charge in [-0.05, 0) is 43.2 Å². The quantitative estimate of drug-likeness (QED) is 0.673. The second-order valence-electron chi connectivity index (χ2n) is 6.97. The van der Waals surface area contributed by atoms with E-state index in [9.17, 15) is 14.7 Å². The number of furan rings is 1. The Hall–Kier alpha value is -3.74. The summed E-state index contributed by atoms with van der Waals surface area (Å²) in [7, 11) is 0. The lowest BCUT2D eigenvalue weighted by Gasteiger charge is -2.19. The van der Waals surface area contributed by atoms with Crippen molar-refractivity contribution in [2.24, 2.45) is 0 Å². The summed E-state index contributed by atoms with van der Waals surface area (Å²) in [4.78, 5) is 24.3. The summed E-state index contributed by atoms with van der Waals surface area (Å²) in [5.74, 6) is 0.241. The van der Waals surface area contributed by atoms with Crippen molar-refractivity contribution in [2.45, 2.75) is 19.4 Å². The van der Waals surface area contributed by atoms with Gasteiger partial charge in [0.15, 0.2) is 11.5 Å². The molecule has 1 aromatic heterocycles. The highest BCUT2D eigenvalue weighted by Gasteiger charge is 2.21. The van der Waals surface area contributed by atoms with Gasteiger partial charge in [0.1, 0.15) is 24.7 Å². The predicted molar refractivity (Wildman–Crippen MR) is 106 cm³/mol. The monoisotopic (exact) mass is 406 g/mol. The van der Waals surface area contributed by atoms with Crippen LogP contribution in [0, 0.1) is 6.92 Å². The van der Waals surface area contributed by atoms with E-state index in [1.54, 1.807) is 37.3 Å². The van der Waals surface area contributed by atoms with Crippen molar-refractivity contribution in [2.75, 3.05) is 13.2 Å². The van der Waals surface area contributed by atoms with E-state index in [1.165, 1.54) is 0 Å². The second kappa shape index (κ2) is 8.32. The number of carboxylic acids is 1. The Morgan fingerprint density at radius 2 is 1.77 bits per heavy atom. The van der Waals surface area contributed by atoms with Crippen molar-refractivity contribution < 1.29 is 28.6 Å². The van der Waals surface area contributed by atoms with Crippen molar-refractivity contribution in [3.05, 3.63) is 71.5 Å².